The Morgan fingerprint density at radius 2 is 1.52 bits per heavy atom. The second kappa shape index (κ2) is 9.43. The van der Waals surface area contributed by atoms with Crippen molar-refractivity contribution in [1.82, 2.24) is 14.8 Å². The molecule has 3 aromatic rings. The Bertz CT molecular complexity index is 1160. The van der Waals surface area contributed by atoms with Crippen molar-refractivity contribution in [3.63, 3.8) is 0 Å². The van der Waals surface area contributed by atoms with Crippen LogP contribution < -0.4 is 10.9 Å². The molecule has 12 heteroatoms. The average molecular weight is 470 g/mol. The smallest absolute Gasteiger partial charge is 0.326 e. The summed E-state index contributed by atoms with van der Waals surface area (Å²) in [6, 6.07) is 7.03. The summed E-state index contributed by atoms with van der Waals surface area (Å²) < 4.78 is 78.7. The van der Waals surface area contributed by atoms with Gasteiger partial charge in [0.15, 0.2) is 0 Å². The van der Waals surface area contributed by atoms with Crippen LogP contribution in [-0.4, -0.2) is 20.7 Å². The lowest BCUT2D eigenvalue weighted by atomic mass is 10.1. The molecule has 0 aliphatic rings. The van der Waals surface area contributed by atoms with E-state index in [1.807, 2.05) is 0 Å². The van der Waals surface area contributed by atoms with E-state index in [0.717, 1.165) is 4.68 Å². The first-order valence-corrected chi connectivity index (χ1v) is 9.51. The van der Waals surface area contributed by atoms with E-state index in [0.29, 0.717) is 23.4 Å². The van der Waals surface area contributed by atoms with Crippen molar-refractivity contribution in [2.75, 3.05) is 5.32 Å². The van der Waals surface area contributed by atoms with Crippen LogP contribution in [0.2, 0.25) is 0 Å². The zero-order chi connectivity index (χ0) is 24.2. The molecule has 174 valence electrons. The first kappa shape index (κ1) is 24.0. The highest BCUT2D eigenvalue weighted by Gasteiger charge is 2.37. The molecule has 33 heavy (non-hydrogen) atoms. The van der Waals surface area contributed by atoms with E-state index >= 15 is 0 Å². The maximum absolute atomic E-state index is 12.9. The molecule has 0 fully saturated rings. The molecular weight excluding hydrogens is 454 g/mol. The summed E-state index contributed by atoms with van der Waals surface area (Å²) in [7, 11) is 0. The maximum Gasteiger partial charge on any atom is 0.416 e. The van der Waals surface area contributed by atoms with E-state index in [4.69, 9.17) is 0 Å². The topological polar surface area (TPSA) is 76.9 Å². The lowest BCUT2D eigenvalue weighted by Gasteiger charge is -2.15. The molecule has 3 rings (SSSR count). The minimum Gasteiger partial charge on any atom is -0.326 e. The number of aromatic nitrogens is 3. The van der Waals surface area contributed by atoms with Crippen molar-refractivity contribution in [1.29, 1.82) is 0 Å². The van der Waals surface area contributed by atoms with Crippen LogP contribution in [0, 0.1) is 0 Å². The largest absolute Gasteiger partial charge is 0.416 e. The molecule has 2 aromatic heterocycles. The third-order valence-electron chi connectivity index (χ3n) is 4.49. The number of halogens is 6. The monoisotopic (exact) mass is 470 g/mol. The third kappa shape index (κ3) is 6.40. The minimum atomic E-state index is -5.02. The highest BCUT2D eigenvalue weighted by molar-refractivity contribution is 5.90. The van der Waals surface area contributed by atoms with Crippen LogP contribution in [0.25, 0.3) is 11.3 Å². The van der Waals surface area contributed by atoms with Crippen LogP contribution in [0.15, 0.2) is 59.7 Å². The highest BCUT2D eigenvalue weighted by atomic mass is 19.4. The van der Waals surface area contributed by atoms with Crippen molar-refractivity contribution in [2.24, 2.45) is 0 Å². The van der Waals surface area contributed by atoms with Crippen LogP contribution in [0.1, 0.15) is 24.0 Å². The Morgan fingerprint density at radius 3 is 2.09 bits per heavy atom. The molecular formula is C21H16F6N4O2. The quantitative estimate of drug-likeness (QED) is 0.527. The average Bonchev–Trinajstić information content (AvgIpc) is 2.74. The number of carbonyl (C=O) groups is 1. The number of amides is 1. The number of alkyl halides is 6. The lowest BCUT2D eigenvalue weighted by Crippen LogP contribution is -2.23. The number of hydrogen-bond acceptors (Lipinski definition) is 4. The first-order chi connectivity index (χ1) is 15.4. The normalized spacial score (nSPS) is 11.9. The Hall–Kier alpha value is -3.70. The number of pyridine rings is 1. The van der Waals surface area contributed by atoms with E-state index in [1.54, 1.807) is 24.5 Å². The van der Waals surface area contributed by atoms with Gasteiger partial charge in [-0.15, -0.1) is 0 Å². The van der Waals surface area contributed by atoms with Crippen molar-refractivity contribution in [3.05, 3.63) is 76.3 Å². The second-order valence-electron chi connectivity index (χ2n) is 6.96. The molecule has 0 bridgehead atoms. The molecule has 1 N–H and O–H groups in total. The second-order valence-corrected chi connectivity index (χ2v) is 6.96. The molecule has 0 saturated heterocycles. The molecule has 0 aliphatic carbocycles. The van der Waals surface area contributed by atoms with Gasteiger partial charge in [0, 0.05) is 42.7 Å². The van der Waals surface area contributed by atoms with Gasteiger partial charge >= 0.3 is 12.4 Å². The Balaban J connectivity index is 1.67. The van der Waals surface area contributed by atoms with E-state index in [2.05, 4.69) is 15.4 Å². The highest BCUT2D eigenvalue weighted by Crippen LogP contribution is 2.37. The van der Waals surface area contributed by atoms with Crippen LogP contribution in [-0.2, 0) is 23.7 Å². The summed E-state index contributed by atoms with van der Waals surface area (Å²) in [6.45, 7) is 0.0154. The van der Waals surface area contributed by atoms with Crippen molar-refractivity contribution < 1.29 is 31.1 Å². The van der Waals surface area contributed by atoms with Crippen LogP contribution in [0.3, 0.4) is 0 Å². The van der Waals surface area contributed by atoms with E-state index in [9.17, 15) is 35.9 Å². The summed E-state index contributed by atoms with van der Waals surface area (Å²) in [5.41, 5.74) is -2.92. The van der Waals surface area contributed by atoms with Crippen LogP contribution in [0.4, 0.5) is 32.0 Å². The molecule has 0 atom stereocenters. The Labute approximate surface area is 182 Å². The Kier molecular flexibility index (Phi) is 6.84. The fourth-order valence-electron chi connectivity index (χ4n) is 2.93. The number of nitrogens with one attached hydrogen (secondary N) is 1. The summed E-state index contributed by atoms with van der Waals surface area (Å²) in [6.07, 6.45) is -7.13. The fraction of sp³-hybridized carbons (Fsp3) is 0.238. The summed E-state index contributed by atoms with van der Waals surface area (Å²) in [4.78, 5) is 28.0. The van der Waals surface area contributed by atoms with E-state index in [-0.39, 0.29) is 25.5 Å². The predicted octanol–water partition coefficient (Wildman–Crippen LogP) is 4.76. The summed E-state index contributed by atoms with van der Waals surface area (Å²) in [5.74, 6) is -0.805. The Morgan fingerprint density at radius 1 is 0.909 bits per heavy atom. The van der Waals surface area contributed by atoms with Gasteiger partial charge in [-0.25, -0.2) is 4.68 Å². The van der Waals surface area contributed by atoms with Gasteiger partial charge in [-0.1, -0.05) is 0 Å². The van der Waals surface area contributed by atoms with Gasteiger partial charge in [0.2, 0.25) is 5.91 Å². The van der Waals surface area contributed by atoms with Gasteiger partial charge in [-0.05, 0) is 42.8 Å². The number of carbonyl (C=O) groups excluding carboxylic acids is 1. The molecule has 0 radical (unpaired) electrons. The third-order valence-corrected chi connectivity index (χ3v) is 4.49. The number of benzene rings is 1. The number of hydrogen-bond donors (Lipinski definition) is 1. The predicted molar refractivity (Wildman–Crippen MR) is 106 cm³/mol. The molecule has 0 spiro atoms. The fourth-order valence-corrected chi connectivity index (χ4v) is 2.93. The molecule has 6 nitrogen and oxygen atoms in total. The van der Waals surface area contributed by atoms with Gasteiger partial charge in [-0.2, -0.15) is 31.4 Å². The van der Waals surface area contributed by atoms with Crippen molar-refractivity contribution in [3.8, 4) is 11.3 Å². The standard InChI is InChI=1S/C21H16F6N4O2/c22-20(23,24)14-10-15(21(25,26)27)12-16(11-14)29-18(32)2-1-9-31-19(33)4-3-17(30-31)13-5-7-28-8-6-13/h3-8,10-12H,1-2,9H2,(H,29,32). The lowest BCUT2D eigenvalue weighted by molar-refractivity contribution is -0.143. The molecule has 1 amide bonds. The van der Waals surface area contributed by atoms with Gasteiger partial charge in [0.25, 0.3) is 5.56 Å². The van der Waals surface area contributed by atoms with Crippen molar-refractivity contribution in [2.45, 2.75) is 31.7 Å². The number of anilines is 1. The van der Waals surface area contributed by atoms with Crippen LogP contribution >= 0.6 is 0 Å². The minimum absolute atomic E-state index is 0.0154. The number of rotatable bonds is 6. The first-order valence-electron chi connectivity index (χ1n) is 9.51. The molecule has 1 aromatic carbocycles. The zero-order valence-electron chi connectivity index (χ0n) is 16.7. The summed E-state index contributed by atoms with van der Waals surface area (Å²) in [5, 5.41) is 6.25. The summed E-state index contributed by atoms with van der Waals surface area (Å²) >= 11 is 0. The molecule has 0 aliphatic heterocycles. The zero-order valence-corrected chi connectivity index (χ0v) is 16.7. The van der Waals surface area contributed by atoms with Gasteiger partial charge in [0.05, 0.1) is 16.8 Å². The van der Waals surface area contributed by atoms with Gasteiger partial charge < -0.3 is 5.32 Å². The number of nitrogens with zero attached hydrogens (tertiary/aromatic N) is 3. The number of aryl methyl sites for hydroxylation is 1. The van der Waals surface area contributed by atoms with Gasteiger partial charge in [-0.3, -0.25) is 14.6 Å². The van der Waals surface area contributed by atoms with E-state index in [1.165, 1.54) is 12.1 Å². The molecule has 0 unspecified atom stereocenters. The van der Waals surface area contributed by atoms with Gasteiger partial charge in [0.1, 0.15) is 0 Å². The van der Waals surface area contributed by atoms with E-state index < -0.39 is 40.6 Å². The van der Waals surface area contributed by atoms with Crippen LogP contribution in [0.5, 0.6) is 0 Å². The van der Waals surface area contributed by atoms with Crippen molar-refractivity contribution >= 4 is 11.6 Å². The maximum atomic E-state index is 12.9. The molecule has 2 heterocycles. The molecule has 0 saturated carbocycles. The SMILES string of the molecule is O=C(CCCn1nc(-c2ccncc2)ccc1=O)Nc1cc(C(F)(F)F)cc(C(F)(F)F)c1.